The molecule has 1 aliphatic heterocycles. The lowest BCUT2D eigenvalue weighted by Gasteiger charge is -2.43. The molecule has 0 aliphatic carbocycles. The van der Waals surface area contributed by atoms with Gasteiger partial charge in [0.15, 0.2) is 0 Å². The first kappa shape index (κ1) is 21.9. The zero-order valence-electron chi connectivity index (χ0n) is 19.1. The molecule has 0 spiro atoms. The summed E-state index contributed by atoms with van der Waals surface area (Å²) in [4.78, 5) is 7.30. The predicted molar refractivity (Wildman–Crippen MR) is 136 cm³/mol. The van der Waals surface area contributed by atoms with E-state index in [-0.39, 0.29) is 5.41 Å². The molecule has 0 unspecified atom stereocenters. The molecule has 2 heterocycles. The van der Waals surface area contributed by atoms with Gasteiger partial charge in [-0.3, -0.25) is 4.90 Å². The number of nitrogens with zero attached hydrogens (tertiary/aromatic N) is 3. The van der Waals surface area contributed by atoms with Crippen molar-refractivity contribution in [1.82, 2.24) is 14.5 Å². The normalized spacial score (nSPS) is 16.1. The maximum atomic E-state index is 6.03. The van der Waals surface area contributed by atoms with Crippen LogP contribution in [-0.2, 0) is 25.4 Å². The van der Waals surface area contributed by atoms with Crippen LogP contribution in [0.25, 0.3) is 0 Å². The molecular formula is C29H30ClN3. The Labute approximate surface area is 201 Å². The standard InChI is InChI=1S/C29H30ClN3/c1-32-27(21-31-28(32)20-23-12-14-26(30)15-13-23)22-33-18-16-29(17-19-33,24-8-4-2-5-9-24)25-10-6-3-7-11-25/h2-15,21H,16-20,22H2,1H3. The van der Waals surface area contributed by atoms with Crippen LogP contribution in [0.4, 0.5) is 0 Å². The van der Waals surface area contributed by atoms with Crippen molar-refractivity contribution in [2.75, 3.05) is 13.1 Å². The number of hydrogen-bond donors (Lipinski definition) is 0. The second kappa shape index (κ2) is 9.54. The highest BCUT2D eigenvalue weighted by atomic mass is 35.5. The molecule has 0 amide bonds. The minimum absolute atomic E-state index is 0.0885. The van der Waals surface area contributed by atoms with E-state index in [1.54, 1.807) is 0 Å². The van der Waals surface area contributed by atoms with E-state index in [2.05, 4.69) is 89.3 Å². The van der Waals surface area contributed by atoms with E-state index in [4.69, 9.17) is 16.6 Å². The highest BCUT2D eigenvalue weighted by Crippen LogP contribution is 2.41. The van der Waals surface area contributed by atoms with Gasteiger partial charge in [0, 0.05) is 36.6 Å². The number of benzene rings is 3. The Morgan fingerprint density at radius 3 is 1.97 bits per heavy atom. The Morgan fingerprint density at radius 1 is 0.818 bits per heavy atom. The van der Waals surface area contributed by atoms with E-state index in [1.807, 2.05) is 18.3 Å². The average molecular weight is 456 g/mol. The first-order chi connectivity index (χ1) is 16.1. The minimum Gasteiger partial charge on any atom is -0.334 e. The quantitative estimate of drug-likeness (QED) is 0.343. The van der Waals surface area contributed by atoms with Gasteiger partial charge >= 0.3 is 0 Å². The summed E-state index contributed by atoms with van der Waals surface area (Å²) < 4.78 is 2.25. The van der Waals surface area contributed by atoms with Gasteiger partial charge in [-0.2, -0.15) is 0 Å². The van der Waals surface area contributed by atoms with Gasteiger partial charge in [0.1, 0.15) is 5.82 Å². The lowest BCUT2D eigenvalue weighted by atomic mass is 9.68. The highest BCUT2D eigenvalue weighted by Gasteiger charge is 2.37. The molecular weight excluding hydrogens is 426 g/mol. The largest absolute Gasteiger partial charge is 0.334 e. The van der Waals surface area contributed by atoms with E-state index in [0.717, 1.165) is 49.7 Å². The van der Waals surface area contributed by atoms with Crippen molar-refractivity contribution in [2.45, 2.75) is 31.2 Å². The molecule has 1 saturated heterocycles. The number of piperidine rings is 1. The third-order valence-corrected chi connectivity index (χ3v) is 7.46. The van der Waals surface area contributed by atoms with Gasteiger partial charge in [-0.05, 0) is 54.8 Å². The van der Waals surface area contributed by atoms with E-state index < -0.39 is 0 Å². The zero-order valence-corrected chi connectivity index (χ0v) is 19.9. The van der Waals surface area contributed by atoms with Crippen molar-refractivity contribution in [3.05, 3.63) is 124 Å². The fourth-order valence-corrected chi connectivity index (χ4v) is 5.29. The molecule has 1 aromatic heterocycles. The second-order valence-corrected chi connectivity index (χ2v) is 9.55. The smallest absolute Gasteiger partial charge is 0.113 e. The van der Waals surface area contributed by atoms with Gasteiger partial charge < -0.3 is 4.57 Å². The summed E-state index contributed by atoms with van der Waals surface area (Å²) in [5, 5.41) is 0.770. The lowest BCUT2D eigenvalue weighted by molar-refractivity contribution is 0.169. The molecule has 1 aliphatic rings. The van der Waals surface area contributed by atoms with Crippen LogP contribution in [0, 0.1) is 0 Å². The van der Waals surface area contributed by atoms with Gasteiger partial charge in [0.2, 0.25) is 0 Å². The summed E-state index contributed by atoms with van der Waals surface area (Å²) in [6, 6.07) is 30.1. The van der Waals surface area contributed by atoms with E-state index in [1.165, 1.54) is 22.4 Å². The van der Waals surface area contributed by atoms with Crippen molar-refractivity contribution in [3.63, 3.8) is 0 Å². The number of aromatic nitrogens is 2. The van der Waals surface area contributed by atoms with E-state index >= 15 is 0 Å². The predicted octanol–water partition coefficient (Wildman–Crippen LogP) is 6.25. The zero-order chi connectivity index (χ0) is 22.7. The van der Waals surface area contributed by atoms with Crippen LogP contribution < -0.4 is 0 Å². The molecule has 5 rings (SSSR count). The summed E-state index contributed by atoms with van der Waals surface area (Å²) in [6.45, 7) is 3.08. The molecule has 0 saturated carbocycles. The van der Waals surface area contributed by atoms with Gasteiger partial charge in [-0.15, -0.1) is 0 Å². The van der Waals surface area contributed by atoms with Crippen LogP contribution in [0.15, 0.2) is 91.1 Å². The summed E-state index contributed by atoms with van der Waals surface area (Å²) >= 11 is 6.03. The number of imidazole rings is 1. The van der Waals surface area contributed by atoms with Crippen LogP contribution in [-0.4, -0.2) is 27.5 Å². The maximum absolute atomic E-state index is 6.03. The number of likely N-dealkylation sites (tertiary alicyclic amines) is 1. The third-order valence-electron chi connectivity index (χ3n) is 7.20. The summed E-state index contributed by atoms with van der Waals surface area (Å²) in [5.74, 6) is 1.09. The monoisotopic (exact) mass is 455 g/mol. The number of halogens is 1. The van der Waals surface area contributed by atoms with Crippen molar-refractivity contribution < 1.29 is 0 Å². The van der Waals surface area contributed by atoms with Gasteiger partial charge in [-0.25, -0.2) is 4.98 Å². The molecule has 0 atom stereocenters. The molecule has 4 aromatic rings. The molecule has 168 valence electrons. The highest BCUT2D eigenvalue weighted by molar-refractivity contribution is 6.30. The lowest BCUT2D eigenvalue weighted by Crippen LogP contribution is -2.43. The van der Waals surface area contributed by atoms with Crippen LogP contribution in [0.1, 0.15) is 41.1 Å². The molecule has 1 fully saturated rings. The summed E-state index contributed by atoms with van der Waals surface area (Å²) in [6.07, 6.45) is 5.10. The Balaban J connectivity index is 1.30. The van der Waals surface area contributed by atoms with Crippen molar-refractivity contribution in [1.29, 1.82) is 0 Å². The van der Waals surface area contributed by atoms with Crippen molar-refractivity contribution >= 4 is 11.6 Å². The average Bonchev–Trinajstić information content (AvgIpc) is 3.21. The molecule has 3 aromatic carbocycles. The van der Waals surface area contributed by atoms with Gasteiger partial charge in [0.05, 0.1) is 5.69 Å². The van der Waals surface area contributed by atoms with Gasteiger partial charge in [-0.1, -0.05) is 84.4 Å². The Hall–Kier alpha value is -2.88. The third kappa shape index (κ3) is 4.62. The molecule has 0 N–H and O–H groups in total. The first-order valence-corrected chi connectivity index (χ1v) is 12.1. The molecule has 0 bridgehead atoms. The SMILES string of the molecule is Cn1c(CN2CCC(c3ccccc3)(c3ccccc3)CC2)cnc1Cc1ccc(Cl)cc1. The van der Waals surface area contributed by atoms with Gasteiger partial charge in [0.25, 0.3) is 0 Å². The Morgan fingerprint density at radius 2 is 1.39 bits per heavy atom. The van der Waals surface area contributed by atoms with Crippen LogP contribution in [0.5, 0.6) is 0 Å². The summed E-state index contributed by atoms with van der Waals surface area (Å²) in [7, 11) is 2.13. The van der Waals surface area contributed by atoms with Crippen LogP contribution in [0.2, 0.25) is 5.02 Å². The fourth-order valence-electron chi connectivity index (χ4n) is 5.16. The van der Waals surface area contributed by atoms with Crippen molar-refractivity contribution in [2.24, 2.45) is 7.05 Å². The summed E-state index contributed by atoms with van der Waals surface area (Å²) in [5.41, 5.74) is 5.45. The Bertz CT molecular complexity index is 1130. The Kier molecular flexibility index (Phi) is 6.34. The molecule has 3 nitrogen and oxygen atoms in total. The molecule has 33 heavy (non-hydrogen) atoms. The number of rotatable bonds is 6. The molecule has 0 radical (unpaired) electrons. The molecule has 4 heteroatoms. The van der Waals surface area contributed by atoms with E-state index in [9.17, 15) is 0 Å². The number of hydrogen-bond acceptors (Lipinski definition) is 2. The maximum Gasteiger partial charge on any atom is 0.113 e. The van der Waals surface area contributed by atoms with Crippen LogP contribution >= 0.6 is 11.6 Å². The second-order valence-electron chi connectivity index (χ2n) is 9.12. The van der Waals surface area contributed by atoms with Crippen molar-refractivity contribution in [3.8, 4) is 0 Å². The first-order valence-electron chi connectivity index (χ1n) is 11.7. The van der Waals surface area contributed by atoms with Crippen LogP contribution in [0.3, 0.4) is 0 Å². The van der Waals surface area contributed by atoms with E-state index in [0.29, 0.717) is 0 Å². The topological polar surface area (TPSA) is 21.1 Å². The fraction of sp³-hybridized carbons (Fsp3) is 0.276. The minimum atomic E-state index is 0.0885.